The van der Waals surface area contributed by atoms with Gasteiger partial charge < -0.3 is 4.74 Å². The number of rotatable bonds is 2. The Balaban J connectivity index is 3.27. The van der Waals surface area contributed by atoms with E-state index >= 15 is 0 Å². The molecular weight excluding hydrogens is 183 g/mol. The van der Waals surface area contributed by atoms with Crippen LogP contribution in [0.2, 0.25) is 0 Å². The van der Waals surface area contributed by atoms with E-state index in [1.54, 1.807) is 0 Å². The fourth-order valence-corrected chi connectivity index (χ4v) is 0.999. The number of methoxy groups -OCH3 is 1. The molecule has 72 valence electrons. The second-order valence-electron chi connectivity index (χ2n) is 2.47. The van der Waals surface area contributed by atoms with Crippen molar-refractivity contribution in [1.82, 2.24) is 4.98 Å². The SMILES string of the molecule is COc1nc(F)cc(C(F)F)c1C. The Kier molecular flexibility index (Phi) is 2.75. The first-order valence-electron chi connectivity index (χ1n) is 3.55. The number of hydrogen-bond donors (Lipinski definition) is 0. The number of aromatic nitrogens is 1. The predicted octanol–water partition coefficient (Wildman–Crippen LogP) is 2.48. The molecule has 0 radical (unpaired) electrons. The molecule has 1 rings (SSSR count). The maximum absolute atomic E-state index is 12.6. The van der Waals surface area contributed by atoms with Crippen molar-refractivity contribution in [2.75, 3.05) is 7.11 Å². The van der Waals surface area contributed by atoms with Gasteiger partial charge in [0.15, 0.2) is 0 Å². The quantitative estimate of drug-likeness (QED) is 0.670. The van der Waals surface area contributed by atoms with Crippen LogP contribution in [0.3, 0.4) is 0 Å². The highest BCUT2D eigenvalue weighted by Gasteiger charge is 2.16. The lowest BCUT2D eigenvalue weighted by Crippen LogP contribution is -1.99. The minimum absolute atomic E-state index is 0.102. The maximum atomic E-state index is 12.6. The lowest BCUT2D eigenvalue weighted by Gasteiger charge is -2.08. The second kappa shape index (κ2) is 3.64. The summed E-state index contributed by atoms with van der Waals surface area (Å²) in [7, 11) is 1.25. The highest BCUT2D eigenvalue weighted by atomic mass is 19.3. The van der Waals surface area contributed by atoms with E-state index in [2.05, 4.69) is 9.72 Å². The number of hydrogen-bond acceptors (Lipinski definition) is 2. The Morgan fingerprint density at radius 2 is 2.08 bits per heavy atom. The van der Waals surface area contributed by atoms with E-state index in [1.165, 1.54) is 14.0 Å². The van der Waals surface area contributed by atoms with Crippen LogP contribution in [-0.4, -0.2) is 12.1 Å². The molecule has 0 amide bonds. The van der Waals surface area contributed by atoms with Crippen LogP contribution in [-0.2, 0) is 0 Å². The molecule has 0 N–H and O–H groups in total. The number of halogens is 3. The zero-order valence-electron chi connectivity index (χ0n) is 7.14. The average Bonchev–Trinajstić information content (AvgIpc) is 2.08. The summed E-state index contributed by atoms with van der Waals surface area (Å²) in [6, 6.07) is 0.711. The average molecular weight is 191 g/mol. The van der Waals surface area contributed by atoms with E-state index in [4.69, 9.17) is 0 Å². The summed E-state index contributed by atoms with van der Waals surface area (Å²) in [6.45, 7) is 1.41. The summed E-state index contributed by atoms with van der Waals surface area (Å²) in [6.07, 6.45) is -2.72. The van der Waals surface area contributed by atoms with Crippen LogP contribution in [0.1, 0.15) is 17.6 Å². The van der Waals surface area contributed by atoms with Crippen LogP contribution in [0.4, 0.5) is 13.2 Å². The van der Waals surface area contributed by atoms with Gasteiger partial charge in [0.25, 0.3) is 6.43 Å². The molecule has 0 aliphatic heterocycles. The van der Waals surface area contributed by atoms with Gasteiger partial charge in [0.2, 0.25) is 11.8 Å². The van der Waals surface area contributed by atoms with Gasteiger partial charge in [-0.1, -0.05) is 0 Å². The summed E-state index contributed by atoms with van der Waals surface area (Å²) in [4.78, 5) is 3.31. The van der Waals surface area contributed by atoms with Gasteiger partial charge in [0, 0.05) is 17.2 Å². The summed E-state index contributed by atoms with van der Waals surface area (Å²) >= 11 is 0. The van der Waals surface area contributed by atoms with E-state index in [9.17, 15) is 13.2 Å². The van der Waals surface area contributed by atoms with Crippen molar-refractivity contribution in [2.45, 2.75) is 13.3 Å². The molecule has 0 fully saturated rings. The van der Waals surface area contributed by atoms with Gasteiger partial charge in [0.05, 0.1) is 7.11 Å². The summed E-state index contributed by atoms with van der Waals surface area (Å²) in [5, 5.41) is 0. The van der Waals surface area contributed by atoms with Crippen LogP contribution in [0.5, 0.6) is 5.88 Å². The molecule has 5 heteroatoms. The van der Waals surface area contributed by atoms with Gasteiger partial charge in [-0.25, -0.2) is 8.78 Å². The summed E-state index contributed by atoms with van der Waals surface area (Å²) in [5.74, 6) is -1.06. The van der Waals surface area contributed by atoms with Crippen molar-refractivity contribution in [3.63, 3.8) is 0 Å². The minimum Gasteiger partial charge on any atom is -0.481 e. The largest absolute Gasteiger partial charge is 0.481 e. The topological polar surface area (TPSA) is 22.1 Å². The molecule has 0 bridgehead atoms. The van der Waals surface area contributed by atoms with Crippen molar-refractivity contribution in [3.8, 4) is 5.88 Å². The zero-order chi connectivity index (χ0) is 10.0. The summed E-state index contributed by atoms with van der Waals surface area (Å²) in [5.41, 5.74) is -0.219. The third-order valence-electron chi connectivity index (χ3n) is 1.67. The molecule has 0 saturated heterocycles. The molecule has 13 heavy (non-hydrogen) atoms. The maximum Gasteiger partial charge on any atom is 0.264 e. The van der Waals surface area contributed by atoms with E-state index < -0.39 is 12.4 Å². The standard InChI is InChI=1S/C8H8F3NO/c1-4-5(7(10)11)3-6(9)12-8(4)13-2/h3,7H,1-2H3. The van der Waals surface area contributed by atoms with E-state index in [1.807, 2.05) is 0 Å². The first-order chi connectivity index (χ1) is 6.06. The molecule has 0 aromatic carbocycles. The molecular formula is C8H8F3NO. The molecule has 1 aromatic rings. The number of ether oxygens (including phenoxy) is 1. The minimum atomic E-state index is -2.72. The molecule has 1 aromatic heterocycles. The van der Waals surface area contributed by atoms with Crippen molar-refractivity contribution in [2.24, 2.45) is 0 Å². The van der Waals surface area contributed by atoms with Gasteiger partial charge in [-0.3, -0.25) is 0 Å². The van der Waals surface area contributed by atoms with Crippen LogP contribution >= 0.6 is 0 Å². The fourth-order valence-electron chi connectivity index (χ4n) is 0.999. The first kappa shape index (κ1) is 9.83. The van der Waals surface area contributed by atoms with Gasteiger partial charge in [-0.2, -0.15) is 9.37 Å². The molecule has 0 aliphatic rings. The van der Waals surface area contributed by atoms with Crippen LogP contribution in [0.25, 0.3) is 0 Å². The Bertz CT molecular complexity index is 315. The zero-order valence-corrected chi connectivity index (χ0v) is 7.14. The Labute approximate surface area is 73.4 Å². The number of alkyl halides is 2. The molecule has 2 nitrogen and oxygen atoms in total. The third kappa shape index (κ3) is 1.91. The normalized spacial score (nSPS) is 10.6. The van der Waals surface area contributed by atoms with Gasteiger partial charge in [-0.05, 0) is 6.92 Å². The first-order valence-corrected chi connectivity index (χ1v) is 3.55. The number of pyridine rings is 1. The van der Waals surface area contributed by atoms with Crippen molar-refractivity contribution >= 4 is 0 Å². The van der Waals surface area contributed by atoms with Crippen LogP contribution < -0.4 is 4.74 Å². The van der Waals surface area contributed by atoms with Crippen molar-refractivity contribution < 1.29 is 17.9 Å². The lowest BCUT2D eigenvalue weighted by molar-refractivity contribution is 0.149. The van der Waals surface area contributed by atoms with E-state index in [0.717, 1.165) is 0 Å². The van der Waals surface area contributed by atoms with Crippen LogP contribution in [0.15, 0.2) is 6.07 Å². The third-order valence-corrected chi connectivity index (χ3v) is 1.67. The van der Waals surface area contributed by atoms with Gasteiger partial charge in [0.1, 0.15) is 0 Å². The van der Waals surface area contributed by atoms with Gasteiger partial charge in [-0.15, -0.1) is 0 Å². The summed E-state index contributed by atoms with van der Waals surface area (Å²) < 4.78 is 41.8. The fraction of sp³-hybridized carbons (Fsp3) is 0.375. The monoisotopic (exact) mass is 191 g/mol. The Morgan fingerprint density at radius 1 is 1.46 bits per heavy atom. The van der Waals surface area contributed by atoms with E-state index in [0.29, 0.717) is 6.07 Å². The molecule has 0 aliphatic carbocycles. The molecule has 0 spiro atoms. The highest BCUT2D eigenvalue weighted by Crippen LogP contribution is 2.27. The van der Waals surface area contributed by atoms with Crippen molar-refractivity contribution in [3.05, 3.63) is 23.1 Å². The number of nitrogens with zero attached hydrogens (tertiary/aromatic N) is 1. The predicted molar refractivity (Wildman–Crippen MR) is 40.4 cm³/mol. The van der Waals surface area contributed by atoms with Gasteiger partial charge >= 0.3 is 0 Å². The highest BCUT2D eigenvalue weighted by molar-refractivity contribution is 5.34. The smallest absolute Gasteiger partial charge is 0.264 e. The van der Waals surface area contributed by atoms with Crippen molar-refractivity contribution in [1.29, 1.82) is 0 Å². The molecule has 1 heterocycles. The Hall–Kier alpha value is -1.26. The lowest BCUT2D eigenvalue weighted by atomic mass is 10.1. The molecule has 0 saturated carbocycles. The van der Waals surface area contributed by atoms with E-state index in [-0.39, 0.29) is 17.0 Å². The molecule has 0 unspecified atom stereocenters. The Morgan fingerprint density at radius 3 is 2.54 bits per heavy atom. The molecule has 0 atom stereocenters. The van der Waals surface area contributed by atoms with Crippen LogP contribution in [0, 0.1) is 12.9 Å². The second-order valence-corrected chi connectivity index (χ2v) is 2.47.